The van der Waals surface area contributed by atoms with Gasteiger partial charge in [-0.15, -0.1) is 0 Å². The summed E-state index contributed by atoms with van der Waals surface area (Å²) in [6.45, 7) is 8.18. The summed E-state index contributed by atoms with van der Waals surface area (Å²) < 4.78 is 0. The van der Waals surface area contributed by atoms with Crippen LogP contribution in [0.25, 0.3) is 0 Å². The van der Waals surface area contributed by atoms with Gasteiger partial charge in [-0.2, -0.15) is 0 Å². The SMILES string of the molecule is CCCNCCC(C#CC(=O)O)C(C)C. The number of aliphatic carboxylic acids is 1. The highest BCUT2D eigenvalue weighted by molar-refractivity contribution is 5.86. The molecule has 1 unspecified atom stereocenters. The predicted octanol–water partition coefficient (Wildman–Crippen LogP) is 1.74. The minimum absolute atomic E-state index is 0.172. The first-order chi connectivity index (χ1) is 7.07. The zero-order chi connectivity index (χ0) is 11.7. The van der Waals surface area contributed by atoms with Crippen LogP contribution in [0.4, 0.5) is 0 Å². The summed E-state index contributed by atoms with van der Waals surface area (Å²) in [7, 11) is 0. The maximum absolute atomic E-state index is 10.3. The summed E-state index contributed by atoms with van der Waals surface area (Å²) in [4.78, 5) is 10.3. The molecule has 0 heterocycles. The maximum atomic E-state index is 10.3. The molecule has 0 aliphatic heterocycles. The van der Waals surface area contributed by atoms with Crippen molar-refractivity contribution in [1.82, 2.24) is 5.32 Å². The van der Waals surface area contributed by atoms with E-state index < -0.39 is 5.97 Å². The van der Waals surface area contributed by atoms with Crippen LogP contribution < -0.4 is 5.32 Å². The monoisotopic (exact) mass is 211 g/mol. The van der Waals surface area contributed by atoms with Gasteiger partial charge < -0.3 is 10.4 Å². The molecule has 0 aromatic heterocycles. The fourth-order valence-corrected chi connectivity index (χ4v) is 1.29. The highest BCUT2D eigenvalue weighted by atomic mass is 16.4. The summed E-state index contributed by atoms with van der Waals surface area (Å²) in [5, 5.41) is 11.8. The standard InChI is InChI=1S/C12H21NO2/c1-4-8-13-9-7-11(10(2)3)5-6-12(14)15/h10-11,13H,4,7-9H2,1-3H3,(H,14,15). The second-order valence-corrected chi connectivity index (χ2v) is 3.96. The Morgan fingerprint density at radius 3 is 2.53 bits per heavy atom. The van der Waals surface area contributed by atoms with Crippen LogP contribution >= 0.6 is 0 Å². The Kier molecular flexibility index (Phi) is 7.75. The van der Waals surface area contributed by atoms with E-state index in [0.29, 0.717) is 5.92 Å². The molecule has 0 aliphatic carbocycles. The van der Waals surface area contributed by atoms with Crippen molar-refractivity contribution >= 4 is 5.97 Å². The van der Waals surface area contributed by atoms with Gasteiger partial charge in [0.2, 0.25) is 0 Å². The topological polar surface area (TPSA) is 49.3 Å². The smallest absolute Gasteiger partial charge is 0.381 e. The molecule has 0 saturated carbocycles. The summed E-state index contributed by atoms with van der Waals surface area (Å²) in [6.07, 6.45) is 2.03. The first-order valence-corrected chi connectivity index (χ1v) is 5.53. The van der Waals surface area contributed by atoms with E-state index in [-0.39, 0.29) is 5.92 Å². The summed E-state index contributed by atoms with van der Waals surface area (Å²) in [5.41, 5.74) is 0. The van der Waals surface area contributed by atoms with E-state index in [1.807, 2.05) is 0 Å². The predicted molar refractivity (Wildman–Crippen MR) is 61.5 cm³/mol. The molecule has 86 valence electrons. The first kappa shape index (κ1) is 14.0. The number of hydrogen-bond acceptors (Lipinski definition) is 2. The molecule has 0 rings (SSSR count). The minimum Gasteiger partial charge on any atom is -0.472 e. The van der Waals surface area contributed by atoms with E-state index >= 15 is 0 Å². The van der Waals surface area contributed by atoms with Gasteiger partial charge in [-0.25, -0.2) is 4.79 Å². The van der Waals surface area contributed by atoms with Crippen LogP contribution in [-0.2, 0) is 4.79 Å². The van der Waals surface area contributed by atoms with Crippen LogP contribution in [0.2, 0.25) is 0 Å². The van der Waals surface area contributed by atoms with Crippen LogP contribution in [0.3, 0.4) is 0 Å². The van der Waals surface area contributed by atoms with Crippen LogP contribution in [0.5, 0.6) is 0 Å². The molecule has 0 aromatic carbocycles. The van der Waals surface area contributed by atoms with Crippen molar-refractivity contribution in [3.63, 3.8) is 0 Å². The van der Waals surface area contributed by atoms with E-state index in [1.165, 1.54) is 0 Å². The Morgan fingerprint density at radius 1 is 1.40 bits per heavy atom. The molecule has 15 heavy (non-hydrogen) atoms. The van der Waals surface area contributed by atoms with E-state index in [4.69, 9.17) is 5.11 Å². The van der Waals surface area contributed by atoms with Gasteiger partial charge in [0.15, 0.2) is 0 Å². The van der Waals surface area contributed by atoms with Gasteiger partial charge >= 0.3 is 5.97 Å². The Hall–Kier alpha value is -1.01. The molecular weight excluding hydrogens is 190 g/mol. The van der Waals surface area contributed by atoms with E-state index in [2.05, 4.69) is 37.9 Å². The van der Waals surface area contributed by atoms with Gasteiger partial charge in [0, 0.05) is 11.8 Å². The largest absolute Gasteiger partial charge is 0.472 e. The molecule has 0 aliphatic rings. The number of carboxylic acids is 1. The summed E-state index contributed by atoms with van der Waals surface area (Å²) in [5.74, 6) is 4.55. The van der Waals surface area contributed by atoms with Crippen LogP contribution in [0.15, 0.2) is 0 Å². The van der Waals surface area contributed by atoms with E-state index in [9.17, 15) is 4.79 Å². The van der Waals surface area contributed by atoms with E-state index in [1.54, 1.807) is 0 Å². The highest BCUT2D eigenvalue weighted by Crippen LogP contribution is 2.13. The van der Waals surface area contributed by atoms with Crippen LogP contribution in [-0.4, -0.2) is 24.2 Å². The maximum Gasteiger partial charge on any atom is 0.381 e. The lowest BCUT2D eigenvalue weighted by Crippen LogP contribution is -2.20. The van der Waals surface area contributed by atoms with Gasteiger partial charge in [0.05, 0.1) is 0 Å². The third kappa shape index (κ3) is 8.02. The zero-order valence-electron chi connectivity index (χ0n) is 9.84. The number of carbonyl (C=O) groups is 1. The number of hydrogen-bond donors (Lipinski definition) is 2. The Morgan fingerprint density at radius 2 is 2.07 bits per heavy atom. The average Bonchev–Trinajstić information content (AvgIpc) is 2.15. The lowest BCUT2D eigenvalue weighted by molar-refractivity contribution is -0.130. The molecule has 0 radical (unpaired) electrons. The van der Waals surface area contributed by atoms with Crippen molar-refractivity contribution in [2.24, 2.45) is 11.8 Å². The molecule has 0 spiro atoms. The van der Waals surface area contributed by atoms with Crippen molar-refractivity contribution in [3.05, 3.63) is 0 Å². The second-order valence-electron chi connectivity index (χ2n) is 3.96. The summed E-state index contributed by atoms with van der Waals surface area (Å²) in [6, 6.07) is 0. The molecule has 2 N–H and O–H groups in total. The molecule has 3 heteroatoms. The molecular formula is C12H21NO2. The fraction of sp³-hybridized carbons (Fsp3) is 0.750. The van der Waals surface area contributed by atoms with Crippen molar-refractivity contribution < 1.29 is 9.90 Å². The van der Waals surface area contributed by atoms with Gasteiger partial charge in [-0.3, -0.25) is 0 Å². The lowest BCUT2D eigenvalue weighted by Gasteiger charge is -2.14. The molecule has 0 aromatic rings. The van der Waals surface area contributed by atoms with Crippen molar-refractivity contribution in [1.29, 1.82) is 0 Å². The van der Waals surface area contributed by atoms with Gasteiger partial charge in [-0.05, 0) is 31.8 Å². The first-order valence-electron chi connectivity index (χ1n) is 5.53. The van der Waals surface area contributed by atoms with Gasteiger partial charge in [0.1, 0.15) is 0 Å². The third-order valence-electron chi connectivity index (χ3n) is 2.23. The Balaban J connectivity index is 3.96. The van der Waals surface area contributed by atoms with Crippen LogP contribution in [0, 0.1) is 23.7 Å². The molecule has 0 amide bonds. The number of rotatable bonds is 6. The van der Waals surface area contributed by atoms with Crippen molar-refractivity contribution in [2.75, 3.05) is 13.1 Å². The average molecular weight is 211 g/mol. The van der Waals surface area contributed by atoms with Gasteiger partial charge in [0.25, 0.3) is 0 Å². The molecule has 3 nitrogen and oxygen atoms in total. The van der Waals surface area contributed by atoms with Crippen LogP contribution in [0.1, 0.15) is 33.6 Å². The van der Waals surface area contributed by atoms with E-state index in [0.717, 1.165) is 25.9 Å². The van der Waals surface area contributed by atoms with Gasteiger partial charge in [-0.1, -0.05) is 26.7 Å². The lowest BCUT2D eigenvalue weighted by atomic mass is 9.93. The van der Waals surface area contributed by atoms with Crippen molar-refractivity contribution in [2.45, 2.75) is 33.6 Å². The minimum atomic E-state index is -1.04. The fourth-order valence-electron chi connectivity index (χ4n) is 1.29. The van der Waals surface area contributed by atoms with Crippen molar-refractivity contribution in [3.8, 4) is 11.8 Å². The second kappa shape index (κ2) is 8.31. The number of carboxylic acid groups (broad SMARTS) is 1. The molecule has 0 fully saturated rings. The molecule has 1 atom stereocenters. The Bertz CT molecular complexity index is 238. The summed E-state index contributed by atoms with van der Waals surface area (Å²) >= 11 is 0. The molecule has 0 bridgehead atoms. The highest BCUT2D eigenvalue weighted by Gasteiger charge is 2.09. The quantitative estimate of drug-likeness (QED) is 0.519. The Labute approximate surface area is 92.3 Å². The molecule has 0 saturated heterocycles. The zero-order valence-corrected chi connectivity index (χ0v) is 9.84. The third-order valence-corrected chi connectivity index (χ3v) is 2.23. The normalized spacial score (nSPS) is 12.0. The number of nitrogens with one attached hydrogen (secondary N) is 1.